The van der Waals surface area contributed by atoms with Crippen molar-refractivity contribution < 1.29 is 24.4 Å². The van der Waals surface area contributed by atoms with Gasteiger partial charge >= 0.3 is 11.7 Å². The molecule has 0 aliphatic rings. The number of benzene rings is 1. The lowest BCUT2D eigenvalue weighted by Crippen LogP contribution is -2.33. The molecule has 0 aromatic heterocycles. The van der Waals surface area contributed by atoms with Crippen molar-refractivity contribution in [3.63, 3.8) is 0 Å². The lowest BCUT2D eigenvalue weighted by Gasteiger charge is -2.21. The van der Waals surface area contributed by atoms with Crippen LogP contribution in [-0.2, 0) is 4.79 Å². The fourth-order valence-electron chi connectivity index (χ4n) is 1.96. The minimum atomic E-state index is -1.00. The minimum absolute atomic E-state index is 0.0574. The number of hydrogen-bond acceptors (Lipinski definition) is 5. The highest BCUT2D eigenvalue weighted by Gasteiger charge is 2.21. The number of ether oxygens (including phenoxy) is 1. The molecule has 0 fully saturated rings. The maximum Gasteiger partial charge on any atom is 0.311 e. The van der Waals surface area contributed by atoms with E-state index in [-0.39, 0.29) is 30.0 Å². The van der Waals surface area contributed by atoms with Crippen molar-refractivity contribution in [2.75, 3.05) is 20.2 Å². The third-order valence-corrected chi connectivity index (χ3v) is 3.00. The molecule has 22 heavy (non-hydrogen) atoms. The third kappa shape index (κ3) is 4.44. The first kappa shape index (κ1) is 17.4. The van der Waals surface area contributed by atoms with Gasteiger partial charge in [0.1, 0.15) is 0 Å². The van der Waals surface area contributed by atoms with Gasteiger partial charge in [-0.05, 0) is 18.6 Å². The van der Waals surface area contributed by atoms with E-state index < -0.39 is 16.8 Å². The van der Waals surface area contributed by atoms with Gasteiger partial charge in [-0.25, -0.2) is 0 Å². The van der Waals surface area contributed by atoms with E-state index in [2.05, 4.69) is 0 Å². The summed E-state index contributed by atoms with van der Waals surface area (Å²) in [5, 5.41) is 19.7. The molecular formula is C14H18N2O6. The van der Waals surface area contributed by atoms with Gasteiger partial charge in [-0.2, -0.15) is 0 Å². The summed E-state index contributed by atoms with van der Waals surface area (Å²) in [6.07, 6.45) is 0.480. The normalized spacial score (nSPS) is 10.1. The molecule has 0 saturated heterocycles. The largest absolute Gasteiger partial charge is 0.490 e. The minimum Gasteiger partial charge on any atom is -0.490 e. The predicted octanol–water partition coefficient (Wildman–Crippen LogP) is 1.93. The van der Waals surface area contributed by atoms with Crippen molar-refractivity contribution in [1.82, 2.24) is 4.90 Å². The second-order valence-corrected chi connectivity index (χ2v) is 4.58. The van der Waals surface area contributed by atoms with Crippen molar-refractivity contribution in [2.45, 2.75) is 19.8 Å². The lowest BCUT2D eigenvalue weighted by atomic mass is 10.1. The van der Waals surface area contributed by atoms with Crippen LogP contribution in [0, 0.1) is 10.1 Å². The van der Waals surface area contributed by atoms with Gasteiger partial charge in [-0.3, -0.25) is 19.7 Å². The number of nitro benzene ring substituents is 1. The molecule has 0 aliphatic carbocycles. The van der Waals surface area contributed by atoms with E-state index in [0.29, 0.717) is 13.0 Å². The second kappa shape index (κ2) is 7.96. The van der Waals surface area contributed by atoms with Crippen LogP contribution in [0.1, 0.15) is 30.1 Å². The number of carbonyl (C=O) groups is 2. The van der Waals surface area contributed by atoms with E-state index in [4.69, 9.17) is 9.84 Å². The monoisotopic (exact) mass is 310 g/mol. The van der Waals surface area contributed by atoms with Crippen molar-refractivity contribution in [1.29, 1.82) is 0 Å². The number of carboxylic acid groups (broad SMARTS) is 1. The number of rotatable bonds is 8. The molecule has 0 saturated carbocycles. The zero-order chi connectivity index (χ0) is 16.7. The Kier molecular flexibility index (Phi) is 6.30. The van der Waals surface area contributed by atoms with Crippen molar-refractivity contribution in [2.24, 2.45) is 0 Å². The first-order valence-corrected chi connectivity index (χ1v) is 6.74. The Morgan fingerprint density at radius 3 is 2.55 bits per heavy atom. The van der Waals surface area contributed by atoms with Gasteiger partial charge in [-0.1, -0.05) is 6.92 Å². The summed E-state index contributed by atoms with van der Waals surface area (Å²) in [4.78, 5) is 34.8. The summed E-state index contributed by atoms with van der Waals surface area (Å²) in [5.74, 6) is -1.38. The molecule has 0 radical (unpaired) electrons. The van der Waals surface area contributed by atoms with E-state index in [9.17, 15) is 19.7 Å². The van der Waals surface area contributed by atoms with Gasteiger partial charge in [-0.15, -0.1) is 0 Å². The molecule has 0 bridgehead atoms. The number of carbonyl (C=O) groups excluding carboxylic acids is 1. The highest BCUT2D eigenvalue weighted by molar-refractivity contribution is 5.95. The topological polar surface area (TPSA) is 110 Å². The molecule has 8 heteroatoms. The van der Waals surface area contributed by atoms with Crippen LogP contribution in [0.25, 0.3) is 0 Å². The van der Waals surface area contributed by atoms with Crippen molar-refractivity contribution in [3.8, 4) is 5.75 Å². The lowest BCUT2D eigenvalue weighted by molar-refractivity contribution is -0.385. The average molecular weight is 310 g/mol. The van der Waals surface area contributed by atoms with E-state index in [0.717, 1.165) is 6.07 Å². The maximum atomic E-state index is 12.4. The van der Waals surface area contributed by atoms with Gasteiger partial charge in [0.05, 0.1) is 18.5 Å². The van der Waals surface area contributed by atoms with Gasteiger partial charge in [0.25, 0.3) is 5.91 Å². The number of hydrogen-bond donors (Lipinski definition) is 1. The van der Waals surface area contributed by atoms with E-state index >= 15 is 0 Å². The smallest absolute Gasteiger partial charge is 0.311 e. The van der Waals surface area contributed by atoms with Gasteiger partial charge < -0.3 is 14.7 Å². The Bertz CT molecular complexity index is 572. The highest BCUT2D eigenvalue weighted by Crippen LogP contribution is 2.28. The van der Waals surface area contributed by atoms with Crippen LogP contribution in [-0.4, -0.2) is 47.0 Å². The van der Waals surface area contributed by atoms with Gasteiger partial charge in [0, 0.05) is 24.7 Å². The first-order valence-electron chi connectivity index (χ1n) is 6.74. The summed E-state index contributed by atoms with van der Waals surface area (Å²) >= 11 is 0. The number of methoxy groups -OCH3 is 1. The molecule has 0 unspecified atom stereocenters. The number of aliphatic carboxylic acids is 1. The van der Waals surface area contributed by atoms with Gasteiger partial charge in [0.15, 0.2) is 5.75 Å². The second-order valence-electron chi connectivity index (χ2n) is 4.58. The fraction of sp³-hybridized carbons (Fsp3) is 0.429. The Morgan fingerprint density at radius 2 is 2.05 bits per heavy atom. The molecule has 8 nitrogen and oxygen atoms in total. The molecule has 1 amide bonds. The van der Waals surface area contributed by atoms with Crippen LogP contribution < -0.4 is 4.74 Å². The number of amides is 1. The number of carboxylic acids is 1. The number of nitrogens with zero attached hydrogens (tertiary/aromatic N) is 2. The molecule has 120 valence electrons. The van der Waals surface area contributed by atoms with Crippen LogP contribution in [0.15, 0.2) is 18.2 Å². The molecule has 0 atom stereocenters. The van der Waals surface area contributed by atoms with E-state index in [1.807, 2.05) is 6.92 Å². The highest BCUT2D eigenvalue weighted by atomic mass is 16.6. The summed E-state index contributed by atoms with van der Waals surface area (Å²) < 4.78 is 4.88. The number of nitro groups is 1. The summed E-state index contributed by atoms with van der Waals surface area (Å²) in [6.45, 7) is 2.30. The van der Waals surface area contributed by atoms with Crippen LogP contribution in [0.3, 0.4) is 0 Å². The summed E-state index contributed by atoms with van der Waals surface area (Å²) in [7, 11) is 1.31. The van der Waals surface area contributed by atoms with Crippen LogP contribution in [0.2, 0.25) is 0 Å². The van der Waals surface area contributed by atoms with Crippen LogP contribution in [0.4, 0.5) is 5.69 Å². The SMILES string of the molecule is CCCN(CCC(=O)O)C(=O)c1ccc(OC)c([N+](=O)[O-])c1. The quantitative estimate of drug-likeness (QED) is 0.580. The first-order chi connectivity index (χ1) is 10.4. The Morgan fingerprint density at radius 1 is 1.36 bits per heavy atom. The standard InChI is InChI=1S/C14H18N2O6/c1-3-7-15(8-6-13(17)18)14(19)10-4-5-12(22-2)11(9-10)16(20)21/h4-5,9H,3,6-8H2,1-2H3,(H,17,18). The van der Waals surface area contributed by atoms with E-state index in [1.54, 1.807) is 0 Å². The third-order valence-electron chi connectivity index (χ3n) is 3.00. The van der Waals surface area contributed by atoms with Crippen molar-refractivity contribution in [3.05, 3.63) is 33.9 Å². The zero-order valence-electron chi connectivity index (χ0n) is 12.4. The zero-order valence-corrected chi connectivity index (χ0v) is 12.4. The molecule has 1 N–H and O–H groups in total. The molecule has 0 heterocycles. The summed E-state index contributed by atoms with van der Waals surface area (Å²) in [6, 6.07) is 3.93. The Labute approximate surface area is 127 Å². The fourth-order valence-corrected chi connectivity index (χ4v) is 1.96. The Hall–Kier alpha value is -2.64. The molecule has 1 aromatic rings. The molecule has 0 spiro atoms. The molecule has 0 aliphatic heterocycles. The van der Waals surface area contributed by atoms with Crippen LogP contribution in [0.5, 0.6) is 5.75 Å². The predicted molar refractivity (Wildman–Crippen MR) is 78.1 cm³/mol. The van der Waals surface area contributed by atoms with Crippen molar-refractivity contribution >= 4 is 17.6 Å². The molecule has 1 rings (SSSR count). The van der Waals surface area contributed by atoms with Crippen LogP contribution >= 0.6 is 0 Å². The average Bonchev–Trinajstić information content (AvgIpc) is 2.49. The van der Waals surface area contributed by atoms with E-state index in [1.165, 1.54) is 24.1 Å². The Balaban J connectivity index is 3.05. The molecular weight excluding hydrogens is 292 g/mol. The van der Waals surface area contributed by atoms with Gasteiger partial charge in [0.2, 0.25) is 0 Å². The summed E-state index contributed by atoms with van der Waals surface area (Å²) in [5.41, 5.74) is -0.172. The maximum absolute atomic E-state index is 12.4. The molecule has 1 aromatic carbocycles.